The lowest BCUT2D eigenvalue weighted by atomic mass is 9.98. The third kappa shape index (κ3) is 5.92. The highest BCUT2D eigenvalue weighted by Gasteiger charge is 2.25. The number of benzene rings is 1. The third-order valence-corrected chi connectivity index (χ3v) is 3.85. The highest BCUT2D eigenvalue weighted by molar-refractivity contribution is 6.31. The van der Waals surface area contributed by atoms with Gasteiger partial charge < -0.3 is 15.6 Å². The summed E-state index contributed by atoms with van der Waals surface area (Å²) in [6, 6.07) is 4.05. The number of carbonyl (C=O) groups excluding carboxylic acids is 1. The topological polar surface area (TPSA) is 56.4 Å². The van der Waals surface area contributed by atoms with Gasteiger partial charge in [0, 0.05) is 44.3 Å². The molecule has 0 aliphatic carbocycles. The fourth-order valence-corrected chi connectivity index (χ4v) is 2.88. The van der Waals surface area contributed by atoms with Crippen molar-refractivity contribution in [2.24, 2.45) is 5.92 Å². The minimum absolute atomic E-state index is 0.0394. The van der Waals surface area contributed by atoms with Gasteiger partial charge in [0.05, 0.1) is 5.69 Å². The SMILES string of the molecule is CCNC(C)=O.CCc1c(NNC)cc(Cl)cc1N1CC(C)C1. The average molecular weight is 341 g/mol. The molecule has 2 rings (SSSR count). The molecule has 1 aliphatic rings. The van der Waals surface area contributed by atoms with Crippen LogP contribution in [0.4, 0.5) is 11.4 Å². The molecule has 1 fully saturated rings. The predicted molar refractivity (Wildman–Crippen MR) is 99.2 cm³/mol. The predicted octanol–water partition coefficient (Wildman–Crippen LogP) is 3.05. The zero-order valence-electron chi connectivity index (χ0n) is 14.8. The summed E-state index contributed by atoms with van der Waals surface area (Å²) in [4.78, 5) is 12.3. The number of carbonyl (C=O) groups is 1. The van der Waals surface area contributed by atoms with Crippen molar-refractivity contribution >= 4 is 28.9 Å². The number of amides is 1. The Bertz CT molecular complexity index is 516. The van der Waals surface area contributed by atoms with Crippen molar-refractivity contribution in [3.8, 4) is 0 Å². The van der Waals surface area contributed by atoms with E-state index < -0.39 is 0 Å². The van der Waals surface area contributed by atoms with E-state index in [9.17, 15) is 4.79 Å². The Morgan fingerprint density at radius 1 is 1.35 bits per heavy atom. The Morgan fingerprint density at radius 2 is 2.00 bits per heavy atom. The molecular weight excluding hydrogens is 312 g/mol. The smallest absolute Gasteiger partial charge is 0.216 e. The van der Waals surface area contributed by atoms with Crippen LogP contribution in [-0.4, -0.2) is 32.6 Å². The molecule has 1 saturated heterocycles. The van der Waals surface area contributed by atoms with Crippen LogP contribution in [0, 0.1) is 5.92 Å². The Morgan fingerprint density at radius 3 is 2.39 bits per heavy atom. The van der Waals surface area contributed by atoms with Crippen LogP contribution in [0.5, 0.6) is 0 Å². The van der Waals surface area contributed by atoms with Crippen LogP contribution >= 0.6 is 11.6 Å². The fourth-order valence-electron chi connectivity index (χ4n) is 2.67. The summed E-state index contributed by atoms with van der Waals surface area (Å²) < 4.78 is 0. The van der Waals surface area contributed by atoms with Gasteiger partial charge >= 0.3 is 0 Å². The molecule has 0 spiro atoms. The Kier molecular flexibility index (Phi) is 8.20. The van der Waals surface area contributed by atoms with Crippen LogP contribution in [0.15, 0.2) is 12.1 Å². The summed E-state index contributed by atoms with van der Waals surface area (Å²) in [5.41, 5.74) is 9.82. The van der Waals surface area contributed by atoms with E-state index in [0.717, 1.165) is 42.7 Å². The molecule has 0 atom stereocenters. The van der Waals surface area contributed by atoms with E-state index in [2.05, 4.69) is 41.0 Å². The Hall–Kier alpha value is -1.46. The molecule has 0 bridgehead atoms. The molecule has 3 N–H and O–H groups in total. The largest absolute Gasteiger partial charge is 0.371 e. The van der Waals surface area contributed by atoms with Gasteiger partial charge in [0.1, 0.15) is 0 Å². The minimum Gasteiger partial charge on any atom is -0.371 e. The summed E-state index contributed by atoms with van der Waals surface area (Å²) >= 11 is 6.18. The van der Waals surface area contributed by atoms with Crippen molar-refractivity contribution in [2.45, 2.75) is 34.1 Å². The second-order valence-electron chi connectivity index (χ2n) is 5.78. The Balaban J connectivity index is 0.000000379. The van der Waals surface area contributed by atoms with E-state index in [-0.39, 0.29) is 5.91 Å². The zero-order chi connectivity index (χ0) is 17.4. The molecule has 0 unspecified atom stereocenters. The number of rotatable bonds is 5. The summed E-state index contributed by atoms with van der Waals surface area (Å²) in [5, 5.41) is 3.36. The first kappa shape index (κ1) is 19.6. The first-order chi connectivity index (χ1) is 10.9. The first-order valence-corrected chi connectivity index (χ1v) is 8.55. The van der Waals surface area contributed by atoms with Crippen molar-refractivity contribution in [2.75, 3.05) is 37.0 Å². The summed E-state index contributed by atoms with van der Waals surface area (Å²) in [6.45, 7) is 10.8. The highest BCUT2D eigenvalue weighted by Crippen LogP contribution is 2.35. The molecule has 1 aromatic carbocycles. The molecule has 1 amide bonds. The van der Waals surface area contributed by atoms with E-state index in [1.807, 2.05) is 20.0 Å². The van der Waals surface area contributed by atoms with E-state index in [1.165, 1.54) is 18.2 Å². The van der Waals surface area contributed by atoms with Gasteiger partial charge in [-0.3, -0.25) is 4.79 Å². The van der Waals surface area contributed by atoms with Crippen LogP contribution in [-0.2, 0) is 11.2 Å². The molecule has 0 saturated carbocycles. The van der Waals surface area contributed by atoms with Crippen molar-refractivity contribution in [1.82, 2.24) is 10.7 Å². The number of hydrogen-bond acceptors (Lipinski definition) is 4. The quantitative estimate of drug-likeness (QED) is 0.721. The molecule has 1 heterocycles. The lowest BCUT2D eigenvalue weighted by molar-refractivity contribution is -0.118. The van der Waals surface area contributed by atoms with Crippen molar-refractivity contribution < 1.29 is 4.79 Å². The summed E-state index contributed by atoms with van der Waals surface area (Å²) in [6.07, 6.45) is 1.00. The minimum atomic E-state index is 0.0394. The molecule has 23 heavy (non-hydrogen) atoms. The van der Waals surface area contributed by atoms with E-state index in [4.69, 9.17) is 11.6 Å². The first-order valence-electron chi connectivity index (χ1n) is 8.17. The molecule has 130 valence electrons. The Labute approximate surface area is 144 Å². The van der Waals surface area contributed by atoms with E-state index in [0.29, 0.717) is 0 Å². The lowest BCUT2D eigenvalue weighted by Gasteiger charge is -2.40. The van der Waals surface area contributed by atoms with Gasteiger partial charge in [0.15, 0.2) is 0 Å². The number of anilines is 2. The number of halogens is 1. The molecule has 0 radical (unpaired) electrons. The van der Waals surface area contributed by atoms with Gasteiger partial charge in [0.2, 0.25) is 5.91 Å². The normalized spacial score (nSPS) is 13.7. The zero-order valence-corrected chi connectivity index (χ0v) is 15.5. The summed E-state index contributed by atoms with van der Waals surface area (Å²) in [7, 11) is 1.87. The van der Waals surface area contributed by atoms with Gasteiger partial charge in [-0.1, -0.05) is 25.4 Å². The second kappa shape index (κ2) is 9.63. The molecule has 1 aliphatic heterocycles. The van der Waals surface area contributed by atoms with Crippen LogP contribution in [0.25, 0.3) is 0 Å². The van der Waals surface area contributed by atoms with Crippen LogP contribution < -0.4 is 21.1 Å². The van der Waals surface area contributed by atoms with Gasteiger partial charge in [-0.15, -0.1) is 0 Å². The number of nitrogens with zero attached hydrogens (tertiary/aromatic N) is 1. The molecule has 0 aromatic heterocycles. The maximum Gasteiger partial charge on any atom is 0.216 e. The number of nitrogens with one attached hydrogen (secondary N) is 3. The van der Waals surface area contributed by atoms with Gasteiger partial charge in [-0.05, 0) is 37.0 Å². The summed E-state index contributed by atoms with van der Waals surface area (Å²) in [5.74, 6) is 0.830. The molecule has 1 aromatic rings. The number of hydrogen-bond donors (Lipinski definition) is 3. The molecule has 6 heteroatoms. The van der Waals surface area contributed by atoms with Crippen LogP contribution in [0.1, 0.15) is 33.3 Å². The standard InChI is InChI=1S/C13H20ClN3.C4H9NO/c1-4-11-12(16-15-3)5-10(14)6-13(11)17-7-9(2)8-17;1-3-5-4(2)6/h5-6,9,15-16H,4,7-8H2,1-3H3;3H2,1-2H3,(H,5,6). The van der Waals surface area contributed by atoms with E-state index >= 15 is 0 Å². The average Bonchev–Trinajstić information content (AvgIpc) is 2.44. The molecular formula is C17H29ClN4O. The van der Waals surface area contributed by atoms with Gasteiger partial charge in [-0.25, -0.2) is 5.43 Å². The molecule has 5 nitrogen and oxygen atoms in total. The van der Waals surface area contributed by atoms with Gasteiger partial charge in [0.25, 0.3) is 0 Å². The van der Waals surface area contributed by atoms with Gasteiger partial charge in [-0.2, -0.15) is 0 Å². The van der Waals surface area contributed by atoms with Crippen molar-refractivity contribution in [3.63, 3.8) is 0 Å². The van der Waals surface area contributed by atoms with Crippen LogP contribution in [0.3, 0.4) is 0 Å². The van der Waals surface area contributed by atoms with E-state index in [1.54, 1.807) is 0 Å². The van der Waals surface area contributed by atoms with Crippen molar-refractivity contribution in [1.29, 1.82) is 0 Å². The number of hydrazine groups is 1. The second-order valence-corrected chi connectivity index (χ2v) is 6.21. The monoisotopic (exact) mass is 340 g/mol. The fraction of sp³-hybridized carbons (Fsp3) is 0.588. The lowest BCUT2D eigenvalue weighted by Crippen LogP contribution is -2.45. The maximum atomic E-state index is 9.93. The van der Waals surface area contributed by atoms with Crippen molar-refractivity contribution in [3.05, 3.63) is 22.7 Å². The highest BCUT2D eigenvalue weighted by atomic mass is 35.5. The third-order valence-electron chi connectivity index (χ3n) is 3.63. The maximum absolute atomic E-state index is 9.93. The van der Waals surface area contributed by atoms with Crippen LogP contribution in [0.2, 0.25) is 5.02 Å².